The SMILES string of the molecule is NC(=O)c1ccc(Br)c2c1[nH]c1cc(C=O)ncc12. The Labute approximate surface area is 115 Å². The summed E-state index contributed by atoms with van der Waals surface area (Å²) in [6.45, 7) is 0. The summed E-state index contributed by atoms with van der Waals surface area (Å²) in [5.74, 6) is -0.507. The molecule has 6 heteroatoms. The van der Waals surface area contributed by atoms with E-state index in [2.05, 4.69) is 25.9 Å². The molecule has 3 aromatic rings. The van der Waals surface area contributed by atoms with Gasteiger partial charge in [0.1, 0.15) is 5.69 Å². The summed E-state index contributed by atoms with van der Waals surface area (Å²) in [6.07, 6.45) is 2.28. The number of hydrogen-bond donors (Lipinski definition) is 2. The van der Waals surface area contributed by atoms with E-state index in [9.17, 15) is 9.59 Å². The molecule has 0 aliphatic rings. The Balaban J connectivity index is 2.51. The molecule has 94 valence electrons. The van der Waals surface area contributed by atoms with Gasteiger partial charge in [-0.1, -0.05) is 15.9 Å². The standard InChI is InChI=1S/C13H8BrN3O2/c14-9-2-1-7(13(15)19)12-11(9)8-4-16-6(5-18)3-10(8)17-12/h1-5,17H,(H2,15,19). The number of aromatic amines is 1. The fraction of sp³-hybridized carbons (Fsp3) is 0. The van der Waals surface area contributed by atoms with Gasteiger partial charge < -0.3 is 10.7 Å². The van der Waals surface area contributed by atoms with Crippen molar-refractivity contribution in [1.29, 1.82) is 0 Å². The molecule has 1 amide bonds. The van der Waals surface area contributed by atoms with Gasteiger partial charge in [0.2, 0.25) is 0 Å². The smallest absolute Gasteiger partial charge is 0.250 e. The van der Waals surface area contributed by atoms with Crippen molar-refractivity contribution in [2.24, 2.45) is 5.73 Å². The summed E-state index contributed by atoms with van der Waals surface area (Å²) in [7, 11) is 0. The van der Waals surface area contributed by atoms with Crippen LogP contribution in [0.25, 0.3) is 21.8 Å². The minimum absolute atomic E-state index is 0.329. The van der Waals surface area contributed by atoms with Crippen LogP contribution >= 0.6 is 15.9 Å². The lowest BCUT2D eigenvalue weighted by molar-refractivity contribution is 0.100. The van der Waals surface area contributed by atoms with E-state index >= 15 is 0 Å². The zero-order chi connectivity index (χ0) is 13.6. The fourth-order valence-electron chi connectivity index (χ4n) is 2.15. The Morgan fingerprint density at radius 2 is 2.21 bits per heavy atom. The number of nitrogens with one attached hydrogen (secondary N) is 1. The number of halogens is 1. The summed E-state index contributed by atoms with van der Waals surface area (Å²) in [4.78, 5) is 29.3. The first kappa shape index (κ1) is 11.9. The molecule has 2 aromatic heterocycles. The summed E-state index contributed by atoms with van der Waals surface area (Å²) in [5.41, 5.74) is 7.47. The molecule has 19 heavy (non-hydrogen) atoms. The first-order valence-electron chi connectivity index (χ1n) is 5.46. The maximum absolute atomic E-state index is 11.4. The van der Waals surface area contributed by atoms with Gasteiger partial charge in [0.25, 0.3) is 5.91 Å². The number of aromatic nitrogens is 2. The topological polar surface area (TPSA) is 88.8 Å². The number of H-pyrrole nitrogens is 1. The molecule has 2 heterocycles. The van der Waals surface area contributed by atoms with Crippen LogP contribution in [0.3, 0.4) is 0 Å². The molecule has 0 atom stereocenters. The van der Waals surface area contributed by atoms with E-state index in [0.717, 1.165) is 20.8 Å². The number of rotatable bonds is 2. The van der Waals surface area contributed by atoms with Gasteiger partial charge in [0.05, 0.1) is 16.6 Å². The maximum atomic E-state index is 11.4. The van der Waals surface area contributed by atoms with Crippen LogP contribution in [0, 0.1) is 0 Å². The summed E-state index contributed by atoms with van der Waals surface area (Å²) < 4.78 is 0.833. The highest BCUT2D eigenvalue weighted by molar-refractivity contribution is 9.10. The molecule has 0 spiro atoms. The molecule has 3 rings (SSSR count). The van der Waals surface area contributed by atoms with Crippen LogP contribution in [0.1, 0.15) is 20.8 Å². The van der Waals surface area contributed by atoms with E-state index in [1.54, 1.807) is 24.4 Å². The van der Waals surface area contributed by atoms with E-state index in [1.165, 1.54) is 0 Å². The van der Waals surface area contributed by atoms with Crippen molar-refractivity contribution < 1.29 is 9.59 Å². The lowest BCUT2D eigenvalue weighted by atomic mass is 10.1. The molecule has 0 unspecified atom stereocenters. The molecule has 3 N–H and O–H groups in total. The fourth-order valence-corrected chi connectivity index (χ4v) is 2.69. The molecule has 1 aromatic carbocycles. The number of carbonyl (C=O) groups is 2. The number of fused-ring (bicyclic) bond motifs is 3. The van der Waals surface area contributed by atoms with E-state index in [1.807, 2.05) is 0 Å². The van der Waals surface area contributed by atoms with Crippen molar-refractivity contribution in [3.8, 4) is 0 Å². The molecule has 0 saturated carbocycles. The van der Waals surface area contributed by atoms with Gasteiger partial charge in [-0.15, -0.1) is 0 Å². The van der Waals surface area contributed by atoms with Crippen molar-refractivity contribution in [2.75, 3.05) is 0 Å². The minimum Gasteiger partial charge on any atom is -0.366 e. The number of hydrogen-bond acceptors (Lipinski definition) is 3. The number of benzene rings is 1. The van der Waals surface area contributed by atoms with Crippen molar-refractivity contribution in [1.82, 2.24) is 9.97 Å². The van der Waals surface area contributed by atoms with Crippen molar-refractivity contribution >= 4 is 49.9 Å². The third kappa shape index (κ3) is 1.72. The minimum atomic E-state index is -0.507. The second-order valence-electron chi connectivity index (χ2n) is 4.11. The molecule has 0 bridgehead atoms. The Morgan fingerprint density at radius 1 is 1.42 bits per heavy atom. The highest BCUT2D eigenvalue weighted by Gasteiger charge is 2.14. The lowest BCUT2D eigenvalue weighted by Crippen LogP contribution is -2.11. The van der Waals surface area contributed by atoms with Crippen LogP contribution in [0.4, 0.5) is 0 Å². The molecule has 5 nitrogen and oxygen atoms in total. The Hall–Kier alpha value is -2.21. The molecular weight excluding hydrogens is 310 g/mol. The van der Waals surface area contributed by atoms with Gasteiger partial charge in [-0.2, -0.15) is 0 Å². The second-order valence-corrected chi connectivity index (χ2v) is 4.96. The molecule has 0 radical (unpaired) electrons. The second kappa shape index (κ2) is 4.17. The van der Waals surface area contributed by atoms with Crippen LogP contribution in [-0.2, 0) is 0 Å². The Bertz CT molecular complexity index is 839. The number of nitrogens with two attached hydrogens (primary N) is 1. The Morgan fingerprint density at radius 3 is 2.89 bits per heavy atom. The predicted molar refractivity (Wildman–Crippen MR) is 75.2 cm³/mol. The Kier molecular flexibility index (Phi) is 2.60. The van der Waals surface area contributed by atoms with Gasteiger partial charge in [0, 0.05) is 21.4 Å². The number of carbonyl (C=O) groups excluding carboxylic acids is 2. The number of pyridine rings is 1. The molecule has 0 aliphatic heterocycles. The molecular formula is C13H8BrN3O2. The highest BCUT2D eigenvalue weighted by Crippen LogP contribution is 2.33. The van der Waals surface area contributed by atoms with Crippen LogP contribution in [0.5, 0.6) is 0 Å². The third-order valence-corrected chi connectivity index (χ3v) is 3.66. The van der Waals surface area contributed by atoms with E-state index in [4.69, 9.17) is 5.73 Å². The first-order valence-corrected chi connectivity index (χ1v) is 6.26. The molecule has 0 saturated heterocycles. The highest BCUT2D eigenvalue weighted by atomic mass is 79.9. The van der Waals surface area contributed by atoms with Gasteiger partial charge in [-0.3, -0.25) is 14.6 Å². The van der Waals surface area contributed by atoms with Crippen LogP contribution in [0.15, 0.2) is 28.9 Å². The van der Waals surface area contributed by atoms with Gasteiger partial charge in [-0.05, 0) is 18.2 Å². The third-order valence-electron chi connectivity index (χ3n) is 2.99. The molecule has 0 aliphatic carbocycles. The zero-order valence-electron chi connectivity index (χ0n) is 9.61. The first-order chi connectivity index (χ1) is 9.11. The predicted octanol–water partition coefficient (Wildman–Crippen LogP) is 2.39. The number of aldehydes is 1. The zero-order valence-corrected chi connectivity index (χ0v) is 11.2. The summed E-state index contributed by atoms with van der Waals surface area (Å²) in [6, 6.07) is 5.06. The number of primary amides is 1. The number of nitrogens with zero attached hydrogens (tertiary/aromatic N) is 1. The molecule has 0 fully saturated rings. The average molecular weight is 318 g/mol. The van der Waals surface area contributed by atoms with Gasteiger partial charge in [0.15, 0.2) is 6.29 Å². The van der Waals surface area contributed by atoms with E-state index in [-0.39, 0.29) is 0 Å². The summed E-state index contributed by atoms with van der Waals surface area (Å²) >= 11 is 3.45. The number of amides is 1. The largest absolute Gasteiger partial charge is 0.366 e. The lowest BCUT2D eigenvalue weighted by Gasteiger charge is -2.00. The monoisotopic (exact) mass is 317 g/mol. The van der Waals surface area contributed by atoms with Gasteiger partial charge in [-0.25, -0.2) is 0 Å². The maximum Gasteiger partial charge on any atom is 0.250 e. The van der Waals surface area contributed by atoms with E-state index in [0.29, 0.717) is 23.1 Å². The summed E-state index contributed by atoms with van der Waals surface area (Å²) in [5, 5.41) is 1.66. The van der Waals surface area contributed by atoms with Crippen LogP contribution < -0.4 is 5.73 Å². The average Bonchev–Trinajstić information content (AvgIpc) is 2.77. The van der Waals surface area contributed by atoms with Crippen molar-refractivity contribution in [3.63, 3.8) is 0 Å². The quantitative estimate of drug-likeness (QED) is 0.711. The van der Waals surface area contributed by atoms with Gasteiger partial charge >= 0.3 is 0 Å². The van der Waals surface area contributed by atoms with Crippen LogP contribution in [-0.4, -0.2) is 22.2 Å². The van der Waals surface area contributed by atoms with Crippen LogP contribution in [0.2, 0.25) is 0 Å². The van der Waals surface area contributed by atoms with Crippen molar-refractivity contribution in [2.45, 2.75) is 0 Å². The normalized spacial score (nSPS) is 11.0. The van der Waals surface area contributed by atoms with Crippen molar-refractivity contribution in [3.05, 3.63) is 40.1 Å². The van der Waals surface area contributed by atoms with E-state index < -0.39 is 5.91 Å².